The van der Waals surface area contributed by atoms with Crippen molar-refractivity contribution in [2.75, 3.05) is 5.75 Å². The molecular formula is C15H13ClN2O3S. The second kappa shape index (κ2) is 7.72. The monoisotopic (exact) mass is 336 g/mol. The molecule has 0 spiro atoms. The van der Waals surface area contributed by atoms with Crippen LogP contribution in [-0.2, 0) is 4.79 Å². The Morgan fingerprint density at radius 2 is 1.64 bits per heavy atom. The van der Waals surface area contributed by atoms with Crippen molar-refractivity contribution >= 4 is 35.2 Å². The Balaban J connectivity index is 1.76. The molecule has 0 radical (unpaired) electrons. The van der Waals surface area contributed by atoms with Crippen LogP contribution < -0.4 is 10.9 Å². The van der Waals surface area contributed by atoms with Gasteiger partial charge in [-0.2, -0.15) is 0 Å². The highest BCUT2D eigenvalue weighted by atomic mass is 35.5. The summed E-state index contributed by atoms with van der Waals surface area (Å²) < 4.78 is 0. The standard InChI is InChI=1S/C15H13ClN2O3S/c16-11-3-1-10(2-4-11)15(21)18-17-14(20)9-22-13-7-5-12(19)6-8-13/h1-8,19H,9H2,(H,17,20)(H,18,21). The number of halogens is 1. The smallest absolute Gasteiger partial charge is 0.269 e. The number of thioether (sulfide) groups is 1. The number of amides is 2. The second-order valence-corrected chi connectivity index (χ2v) is 5.78. The summed E-state index contributed by atoms with van der Waals surface area (Å²) >= 11 is 7.03. The van der Waals surface area contributed by atoms with Crippen LogP contribution in [0.25, 0.3) is 0 Å². The van der Waals surface area contributed by atoms with E-state index in [1.807, 2.05) is 0 Å². The zero-order chi connectivity index (χ0) is 15.9. The van der Waals surface area contributed by atoms with Crippen LogP contribution in [0.4, 0.5) is 0 Å². The molecule has 0 unspecified atom stereocenters. The van der Waals surface area contributed by atoms with Gasteiger partial charge in [-0.05, 0) is 48.5 Å². The Morgan fingerprint density at radius 3 is 2.27 bits per heavy atom. The highest BCUT2D eigenvalue weighted by Gasteiger charge is 2.07. The van der Waals surface area contributed by atoms with E-state index in [9.17, 15) is 9.59 Å². The molecule has 7 heteroatoms. The molecule has 0 atom stereocenters. The van der Waals surface area contributed by atoms with E-state index < -0.39 is 5.91 Å². The first-order chi connectivity index (χ1) is 10.5. The molecule has 0 saturated heterocycles. The van der Waals surface area contributed by atoms with Crippen LogP contribution in [0.2, 0.25) is 5.02 Å². The fourth-order valence-corrected chi connectivity index (χ4v) is 2.35. The summed E-state index contributed by atoms with van der Waals surface area (Å²) in [4.78, 5) is 24.3. The molecular weight excluding hydrogens is 324 g/mol. The summed E-state index contributed by atoms with van der Waals surface area (Å²) in [5.74, 6) is -0.435. The number of phenols is 1. The summed E-state index contributed by atoms with van der Waals surface area (Å²) in [6.07, 6.45) is 0. The number of carbonyl (C=O) groups excluding carboxylic acids is 2. The Morgan fingerprint density at radius 1 is 1.00 bits per heavy atom. The molecule has 22 heavy (non-hydrogen) atoms. The molecule has 114 valence electrons. The van der Waals surface area contributed by atoms with Crippen LogP contribution in [0.3, 0.4) is 0 Å². The minimum absolute atomic E-state index is 0.145. The summed E-state index contributed by atoms with van der Waals surface area (Å²) in [5.41, 5.74) is 5.06. The molecule has 2 aromatic carbocycles. The summed E-state index contributed by atoms with van der Waals surface area (Å²) in [5, 5.41) is 9.69. The molecule has 2 amide bonds. The van der Waals surface area contributed by atoms with Gasteiger partial charge in [-0.15, -0.1) is 11.8 Å². The lowest BCUT2D eigenvalue weighted by Crippen LogP contribution is -2.42. The largest absolute Gasteiger partial charge is 0.508 e. The van der Waals surface area contributed by atoms with Crippen molar-refractivity contribution in [1.82, 2.24) is 10.9 Å². The normalized spacial score (nSPS) is 10.0. The molecule has 0 bridgehead atoms. The van der Waals surface area contributed by atoms with Crippen molar-refractivity contribution in [3.8, 4) is 5.75 Å². The van der Waals surface area contributed by atoms with Gasteiger partial charge in [0.05, 0.1) is 5.75 Å². The van der Waals surface area contributed by atoms with E-state index in [0.717, 1.165) is 4.90 Å². The van der Waals surface area contributed by atoms with E-state index in [0.29, 0.717) is 10.6 Å². The number of aromatic hydroxyl groups is 1. The Labute approximate surface area is 136 Å². The Hall–Kier alpha value is -2.18. The van der Waals surface area contributed by atoms with Gasteiger partial charge in [0.15, 0.2) is 0 Å². The van der Waals surface area contributed by atoms with Gasteiger partial charge in [-0.1, -0.05) is 11.6 Å². The average Bonchev–Trinajstić information content (AvgIpc) is 2.52. The average molecular weight is 337 g/mol. The molecule has 0 aromatic heterocycles. The molecule has 3 N–H and O–H groups in total. The third kappa shape index (κ3) is 4.98. The van der Waals surface area contributed by atoms with Gasteiger partial charge < -0.3 is 5.11 Å². The lowest BCUT2D eigenvalue weighted by molar-refractivity contribution is -0.119. The Bertz CT molecular complexity index is 659. The Kier molecular flexibility index (Phi) is 5.68. The van der Waals surface area contributed by atoms with Gasteiger partial charge >= 0.3 is 0 Å². The van der Waals surface area contributed by atoms with E-state index in [1.165, 1.54) is 11.8 Å². The number of rotatable bonds is 4. The minimum Gasteiger partial charge on any atom is -0.508 e. The third-order valence-corrected chi connectivity index (χ3v) is 3.89. The van der Waals surface area contributed by atoms with Crippen molar-refractivity contribution in [1.29, 1.82) is 0 Å². The van der Waals surface area contributed by atoms with E-state index in [2.05, 4.69) is 10.9 Å². The number of carbonyl (C=O) groups is 2. The van der Waals surface area contributed by atoms with Crippen LogP contribution in [-0.4, -0.2) is 22.7 Å². The number of hydrogen-bond donors (Lipinski definition) is 3. The minimum atomic E-state index is -0.417. The van der Waals surface area contributed by atoms with Crippen LogP contribution in [0.1, 0.15) is 10.4 Å². The molecule has 0 aliphatic rings. The first-order valence-electron chi connectivity index (χ1n) is 6.31. The molecule has 0 saturated carbocycles. The van der Waals surface area contributed by atoms with Crippen molar-refractivity contribution in [2.24, 2.45) is 0 Å². The van der Waals surface area contributed by atoms with Gasteiger partial charge in [0.1, 0.15) is 5.75 Å². The number of nitrogens with one attached hydrogen (secondary N) is 2. The maximum absolute atomic E-state index is 11.8. The van der Waals surface area contributed by atoms with Crippen molar-refractivity contribution in [3.05, 3.63) is 59.1 Å². The molecule has 0 fully saturated rings. The van der Waals surface area contributed by atoms with Crippen molar-refractivity contribution in [2.45, 2.75) is 4.90 Å². The van der Waals surface area contributed by atoms with E-state index in [4.69, 9.17) is 16.7 Å². The van der Waals surface area contributed by atoms with E-state index in [-0.39, 0.29) is 17.4 Å². The van der Waals surface area contributed by atoms with Crippen LogP contribution >= 0.6 is 23.4 Å². The lowest BCUT2D eigenvalue weighted by atomic mass is 10.2. The maximum Gasteiger partial charge on any atom is 0.269 e. The molecule has 0 aliphatic heterocycles. The van der Waals surface area contributed by atoms with Gasteiger partial charge in [0.25, 0.3) is 5.91 Å². The first kappa shape index (κ1) is 16.2. The van der Waals surface area contributed by atoms with Gasteiger partial charge in [0.2, 0.25) is 5.91 Å². The van der Waals surface area contributed by atoms with Crippen LogP contribution in [0, 0.1) is 0 Å². The van der Waals surface area contributed by atoms with Crippen molar-refractivity contribution in [3.63, 3.8) is 0 Å². The molecule has 5 nitrogen and oxygen atoms in total. The van der Waals surface area contributed by atoms with Crippen molar-refractivity contribution < 1.29 is 14.7 Å². The highest BCUT2D eigenvalue weighted by molar-refractivity contribution is 8.00. The summed E-state index contributed by atoms with van der Waals surface area (Å²) in [6.45, 7) is 0. The number of benzene rings is 2. The quantitative estimate of drug-likeness (QED) is 0.592. The molecule has 2 rings (SSSR count). The van der Waals surface area contributed by atoms with Gasteiger partial charge in [0, 0.05) is 15.5 Å². The number of hydrogen-bond acceptors (Lipinski definition) is 4. The fraction of sp³-hybridized carbons (Fsp3) is 0.0667. The number of phenolic OH excluding ortho intramolecular Hbond substituents is 1. The zero-order valence-corrected chi connectivity index (χ0v) is 12.9. The molecule has 2 aromatic rings. The molecule has 0 aliphatic carbocycles. The SMILES string of the molecule is O=C(CSc1ccc(O)cc1)NNC(=O)c1ccc(Cl)cc1. The predicted molar refractivity (Wildman–Crippen MR) is 85.9 cm³/mol. The van der Waals surface area contributed by atoms with E-state index in [1.54, 1.807) is 48.5 Å². The first-order valence-corrected chi connectivity index (χ1v) is 7.67. The zero-order valence-electron chi connectivity index (χ0n) is 11.4. The topological polar surface area (TPSA) is 78.4 Å². The number of hydrazine groups is 1. The maximum atomic E-state index is 11.8. The predicted octanol–water partition coefficient (Wildman–Crippen LogP) is 2.60. The molecule has 0 heterocycles. The van der Waals surface area contributed by atoms with Crippen LogP contribution in [0.15, 0.2) is 53.4 Å². The fourth-order valence-electron chi connectivity index (χ4n) is 1.53. The summed E-state index contributed by atoms with van der Waals surface area (Å²) in [7, 11) is 0. The highest BCUT2D eigenvalue weighted by Crippen LogP contribution is 2.20. The lowest BCUT2D eigenvalue weighted by Gasteiger charge is -2.07. The van der Waals surface area contributed by atoms with Crippen LogP contribution in [0.5, 0.6) is 5.75 Å². The van der Waals surface area contributed by atoms with E-state index >= 15 is 0 Å². The van der Waals surface area contributed by atoms with Gasteiger partial charge in [-0.25, -0.2) is 0 Å². The summed E-state index contributed by atoms with van der Waals surface area (Å²) in [6, 6.07) is 12.8. The second-order valence-electron chi connectivity index (χ2n) is 4.29. The third-order valence-electron chi connectivity index (χ3n) is 2.63. The van der Waals surface area contributed by atoms with Gasteiger partial charge in [-0.3, -0.25) is 20.4 Å².